The largest absolute Gasteiger partial charge is 0.463 e. The number of aliphatic hydroxyl groups excluding tert-OH is 1. The van der Waals surface area contributed by atoms with Gasteiger partial charge in [-0.2, -0.15) is 4.98 Å². The topological polar surface area (TPSA) is 93.6 Å². The number of hydrogen-bond acceptors (Lipinski definition) is 6. The summed E-state index contributed by atoms with van der Waals surface area (Å²) in [6.45, 7) is 4.29. The predicted molar refractivity (Wildman–Crippen MR) is 110 cm³/mol. The van der Waals surface area contributed by atoms with Crippen LogP contribution in [0.2, 0.25) is 0 Å². The molecule has 1 aromatic heterocycles. The van der Waals surface area contributed by atoms with Gasteiger partial charge < -0.3 is 15.6 Å². The normalized spacial score (nSPS) is 23.5. The van der Waals surface area contributed by atoms with E-state index in [0.717, 1.165) is 17.7 Å². The van der Waals surface area contributed by atoms with Crippen LogP contribution in [-0.2, 0) is 0 Å². The molecule has 1 fully saturated rings. The first-order valence-electron chi connectivity index (χ1n) is 10.1. The van der Waals surface area contributed by atoms with Crippen LogP contribution in [0.3, 0.4) is 0 Å². The summed E-state index contributed by atoms with van der Waals surface area (Å²) in [6.07, 6.45) is 7.14. The van der Waals surface area contributed by atoms with E-state index in [1.807, 2.05) is 13.8 Å². The first-order chi connectivity index (χ1) is 13.5. The molecule has 0 amide bonds. The lowest BCUT2D eigenvalue weighted by Crippen LogP contribution is -2.41. The molecule has 0 radical (unpaired) electrons. The number of anilines is 1. The highest BCUT2D eigenvalue weighted by molar-refractivity contribution is 6.09. The first kappa shape index (κ1) is 18.9. The molecule has 0 atom stereocenters. The van der Waals surface area contributed by atoms with Crippen LogP contribution in [0.4, 0.5) is 11.5 Å². The Morgan fingerprint density at radius 3 is 2.50 bits per heavy atom. The van der Waals surface area contributed by atoms with Gasteiger partial charge in [-0.05, 0) is 63.4 Å². The zero-order chi connectivity index (χ0) is 19.7. The molecule has 0 unspecified atom stereocenters. The molecule has 2 aliphatic rings. The van der Waals surface area contributed by atoms with Crippen molar-refractivity contribution >= 4 is 17.2 Å². The van der Waals surface area contributed by atoms with Gasteiger partial charge in [0.25, 0.3) is 0 Å². The van der Waals surface area contributed by atoms with E-state index in [1.165, 1.54) is 37.6 Å². The Hall–Kier alpha value is -2.47. The molecule has 4 rings (SSSR count). The number of aliphatic imine (C=N–C) groups is 1. The summed E-state index contributed by atoms with van der Waals surface area (Å²) in [6, 6.07) is 8.69. The maximum Gasteiger partial charge on any atom is 0.246 e. The summed E-state index contributed by atoms with van der Waals surface area (Å²) in [7, 11) is 0. The molecule has 2 heterocycles. The lowest BCUT2D eigenvalue weighted by molar-refractivity contribution is 0.171. The Kier molecular flexibility index (Phi) is 5.06. The highest BCUT2D eigenvalue weighted by Gasteiger charge is 2.35. The van der Waals surface area contributed by atoms with Crippen LogP contribution in [0.15, 0.2) is 35.6 Å². The van der Waals surface area contributed by atoms with Crippen molar-refractivity contribution in [2.75, 3.05) is 12.3 Å². The highest BCUT2D eigenvalue weighted by atomic mass is 16.5. The molecule has 1 aliphatic heterocycles. The SMILES string of the molecule is CC1(C)Oc2ncnc(N)c2N=C1c1ccc(C2CCC(CCO)CC2)cc1. The van der Waals surface area contributed by atoms with Crippen LogP contribution in [0.1, 0.15) is 63.0 Å². The van der Waals surface area contributed by atoms with Crippen molar-refractivity contribution in [1.82, 2.24) is 9.97 Å². The highest BCUT2D eigenvalue weighted by Crippen LogP contribution is 2.40. The van der Waals surface area contributed by atoms with Crippen molar-refractivity contribution in [2.24, 2.45) is 10.9 Å². The number of nitrogens with two attached hydrogens (primary N) is 1. The van der Waals surface area contributed by atoms with Crippen LogP contribution in [0.25, 0.3) is 0 Å². The van der Waals surface area contributed by atoms with Gasteiger partial charge in [-0.3, -0.25) is 0 Å². The average Bonchev–Trinajstić information content (AvgIpc) is 2.68. The number of aliphatic hydroxyl groups is 1. The Labute approximate surface area is 165 Å². The number of rotatable bonds is 4. The van der Waals surface area contributed by atoms with E-state index in [1.54, 1.807) is 0 Å². The standard InChI is InChI=1S/C22H28N4O2/c1-22(2)19(26-18-20(23)24-13-25-21(18)28-22)17-9-7-16(8-10-17)15-5-3-14(4-6-15)11-12-27/h7-10,13-15,27H,3-6,11-12H2,1-2H3,(H2,23,24,25). The zero-order valence-corrected chi connectivity index (χ0v) is 16.6. The van der Waals surface area contributed by atoms with Crippen LogP contribution in [-0.4, -0.2) is 33.0 Å². The molecule has 0 spiro atoms. The third-order valence-corrected chi connectivity index (χ3v) is 6.00. The molecule has 1 saturated carbocycles. The number of nitrogen functional groups attached to an aromatic ring is 1. The molecule has 0 saturated heterocycles. The van der Waals surface area contributed by atoms with Crippen molar-refractivity contribution in [3.63, 3.8) is 0 Å². The van der Waals surface area contributed by atoms with Crippen LogP contribution in [0, 0.1) is 5.92 Å². The summed E-state index contributed by atoms with van der Waals surface area (Å²) >= 11 is 0. The van der Waals surface area contributed by atoms with Crippen molar-refractivity contribution in [1.29, 1.82) is 0 Å². The first-order valence-corrected chi connectivity index (χ1v) is 10.1. The number of fused-ring (bicyclic) bond motifs is 1. The summed E-state index contributed by atoms with van der Waals surface area (Å²) in [4.78, 5) is 12.9. The quantitative estimate of drug-likeness (QED) is 0.836. The fraction of sp³-hybridized carbons (Fsp3) is 0.500. The van der Waals surface area contributed by atoms with Crippen molar-refractivity contribution < 1.29 is 9.84 Å². The molecule has 1 aliphatic carbocycles. The van der Waals surface area contributed by atoms with Crippen LogP contribution in [0.5, 0.6) is 5.88 Å². The zero-order valence-electron chi connectivity index (χ0n) is 16.6. The third kappa shape index (κ3) is 3.61. The smallest absolute Gasteiger partial charge is 0.246 e. The Morgan fingerprint density at radius 2 is 1.82 bits per heavy atom. The number of ether oxygens (including phenoxy) is 1. The number of hydrogen-bond donors (Lipinski definition) is 2. The molecule has 6 nitrogen and oxygen atoms in total. The maximum atomic E-state index is 9.14. The molecular weight excluding hydrogens is 352 g/mol. The van der Waals surface area contributed by atoms with Gasteiger partial charge in [0.1, 0.15) is 11.9 Å². The van der Waals surface area contributed by atoms with Gasteiger partial charge >= 0.3 is 0 Å². The summed E-state index contributed by atoms with van der Waals surface area (Å²) < 4.78 is 6.07. The molecular formula is C22H28N4O2. The van der Waals surface area contributed by atoms with Gasteiger partial charge in [0.2, 0.25) is 5.88 Å². The second kappa shape index (κ2) is 7.51. The van der Waals surface area contributed by atoms with Gasteiger partial charge in [0.05, 0.1) is 5.71 Å². The minimum atomic E-state index is -0.600. The lowest BCUT2D eigenvalue weighted by Gasteiger charge is -2.32. The molecule has 6 heteroatoms. The number of aromatic nitrogens is 2. The van der Waals surface area contributed by atoms with Crippen molar-refractivity contribution in [2.45, 2.75) is 57.5 Å². The van der Waals surface area contributed by atoms with E-state index >= 15 is 0 Å². The second-order valence-electron chi connectivity index (χ2n) is 8.34. The Morgan fingerprint density at radius 1 is 1.11 bits per heavy atom. The van der Waals surface area contributed by atoms with E-state index in [0.29, 0.717) is 35.8 Å². The minimum absolute atomic E-state index is 0.308. The van der Waals surface area contributed by atoms with Crippen molar-refractivity contribution in [3.05, 3.63) is 41.7 Å². The summed E-state index contributed by atoms with van der Waals surface area (Å²) in [5, 5.41) is 9.14. The van der Waals surface area contributed by atoms with Crippen LogP contribution >= 0.6 is 0 Å². The van der Waals surface area contributed by atoms with Gasteiger partial charge in [0.15, 0.2) is 11.5 Å². The van der Waals surface area contributed by atoms with Gasteiger partial charge in [0, 0.05) is 12.2 Å². The number of benzene rings is 1. The van der Waals surface area contributed by atoms with Crippen LogP contribution < -0.4 is 10.5 Å². The van der Waals surface area contributed by atoms with E-state index in [2.05, 4.69) is 34.2 Å². The molecule has 0 bridgehead atoms. The molecule has 148 valence electrons. The van der Waals surface area contributed by atoms with E-state index in [9.17, 15) is 0 Å². The summed E-state index contributed by atoms with van der Waals surface area (Å²) in [5.74, 6) is 2.04. The Balaban J connectivity index is 1.56. The molecule has 3 N–H and O–H groups in total. The van der Waals surface area contributed by atoms with Crippen molar-refractivity contribution in [3.8, 4) is 5.88 Å². The fourth-order valence-corrected chi connectivity index (χ4v) is 4.38. The number of nitrogens with zero attached hydrogens (tertiary/aromatic N) is 3. The van der Waals surface area contributed by atoms with E-state index in [-0.39, 0.29) is 0 Å². The van der Waals surface area contributed by atoms with Gasteiger partial charge in [-0.15, -0.1) is 0 Å². The maximum absolute atomic E-state index is 9.14. The second-order valence-corrected chi connectivity index (χ2v) is 8.34. The Bertz CT molecular complexity index is 869. The van der Waals surface area contributed by atoms with Gasteiger partial charge in [-0.25, -0.2) is 9.98 Å². The fourth-order valence-electron chi connectivity index (χ4n) is 4.38. The van der Waals surface area contributed by atoms with Gasteiger partial charge in [-0.1, -0.05) is 24.3 Å². The third-order valence-electron chi connectivity index (χ3n) is 6.00. The monoisotopic (exact) mass is 380 g/mol. The predicted octanol–water partition coefficient (Wildman–Crippen LogP) is 4.01. The average molecular weight is 380 g/mol. The molecule has 1 aromatic carbocycles. The van der Waals surface area contributed by atoms with E-state index < -0.39 is 5.60 Å². The minimum Gasteiger partial charge on any atom is -0.463 e. The molecule has 28 heavy (non-hydrogen) atoms. The summed E-state index contributed by atoms with van der Waals surface area (Å²) in [5.41, 5.74) is 9.11. The molecule has 2 aromatic rings. The lowest BCUT2D eigenvalue weighted by atomic mass is 9.77. The van der Waals surface area contributed by atoms with E-state index in [4.69, 9.17) is 20.6 Å².